The number of hydrogen-bond acceptors (Lipinski definition) is 13. The van der Waals surface area contributed by atoms with E-state index in [0.29, 0.717) is 115 Å². The third kappa shape index (κ3) is 8.97. The van der Waals surface area contributed by atoms with Crippen molar-refractivity contribution in [3.8, 4) is 22.5 Å². The van der Waals surface area contributed by atoms with Gasteiger partial charge in [0.2, 0.25) is 0 Å². The number of likely N-dealkylation sites (tertiary alicyclic amines) is 1. The first-order valence-electron chi connectivity index (χ1n) is 25.3. The van der Waals surface area contributed by atoms with Crippen LogP contribution in [0, 0.1) is 17.6 Å². The number of rotatable bonds is 11. The monoisotopic (exact) mass is 997 g/mol. The highest BCUT2D eigenvalue weighted by molar-refractivity contribution is 5.98. The number of nitrogens with zero attached hydrogens (tertiary/aromatic N) is 7. The molecule has 1 saturated carbocycles. The van der Waals surface area contributed by atoms with Gasteiger partial charge in [0.15, 0.2) is 0 Å². The van der Waals surface area contributed by atoms with Crippen LogP contribution in [-0.2, 0) is 0 Å². The first-order valence-corrected chi connectivity index (χ1v) is 25.3. The van der Waals surface area contributed by atoms with Crippen LogP contribution in [0.3, 0.4) is 0 Å². The number of carbonyl (C=O) groups excluding carboxylic acids is 1. The molecule has 1 amide bonds. The van der Waals surface area contributed by atoms with Gasteiger partial charge in [0.25, 0.3) is 17.0 Å². The van der Waals surface area contributed by atoms with E-state index in [0.717, 1.165) is 36.2 Å². The van der Waals surface area contributed by atoms with Gasteiger partial charge in [0.05, 0.1) is 80.5 Å². The molecule has 3 atom stereocenters. The topological polar surface area (TPSA) is 209 Å². The summed E-state index contributed by atoms with van der Waals surface area (Å²) in [5, 5.41) is 28.5. The molecule has 2 aromatic carbocycles. The fraction of sp³-hybridized carbons (Fsp3) is 0.304. The summed E-state index contributed by atoms with van der Waals surface area (Å²) >= 11 is 0. The summed E-state index contributed by atoms with van der Waals surface area (Å²) in [4.78, 5) is 70.9. The molecule has 0 radical (unpaired) electrons. The Morgan fingerprint density at radius 3 is 1.77 bits per heavy atom. The number of aliphatic hydroxyl groups is 2. The Balaban J connectivity index is 0.756. The Hall–Kier alpha value is -8.09. The zero-order chi connectivity index (χ0) is 50.6. The molecule has 8 aromatic rings. The Morgan fingerprint density at radius 1 is 0.635 bits per heavy atom. The van der Waals surface area contributed by atoms with Gasteiger partial charge in [-0.1, -0.05) is 12.5 Å². The molecule has 12 rings (SSSR count). The Kier molecular flexibility index (Phi) is 12.3. The third-order valence-corrected chi connectivity index (χ3v) is 15.4. The van der Waals surface area contributed by atoms with Crippen LogP contribution in [0.1, 0.15) is 66.8 Å². The fourth-order valence-electron chi connectivity index (χ4n) is 11.0. The molecule has 0 spiro atoms. The lowest BCUT2D eigenvalue weighted by molar-refractivity contribution is -0.0140. The average molecular weight is 998 g/mol. The van der Waals surface area contributed by atoms with E-state index in [9.17, 15) is 24.6 Å². The molecule has 74 heavy (non-hydrogen) atoms. The molecular formula is C56H53F2N11O5. The Labute approximate surface area is 423 Å². The first-order chi connectivity index (χ1) is 36.0. The number of benzene rings is 2. The Morgan fingerprint density at radius 2 is 1.22 bits per heavy atom. The number of piperidine rings is 2. The lowest BCUT2D eigenvalue weighted by Gasteiger charge is -2.50. The number of aromatic amines is 2. The molecule has 4 fully saturated rings. The molecule has 18 heteroatoms. The van der Waals surface area contributed by atoms with E-state index in [1.54, 1.807) is 53.7 Å². The number of aromatic nitrogens is 6. The van der Waals surface area contributed by atoms with Crippen molar-refractivity contribution in [1.29, 1.82) is 0 Å². The molecule has 3 saturated heterocycles. The van der Waals surface area contributed by atoms with Gasteiger partial charge in [0, 0.05) is 73.8 Å². The van der Waals surface area contributed by atoms with Crippen molar-refractivity contribution in [3.05, 3.63) is 153 Å². The minimum absolute atomic E-state index is 0.0790. The van der Waals surface area contributed by atoms with Gasteiger partial charge in [-0.2, -0.15) is 0 Å². The standard InChI is InChI=1S/C56H53F2N11O5/c57-40-8-4-32(31-2-1-3-31)24-37(40)44-26-46(52-42(63-44)12-18-59-54(52)72)66-51-11-7-35(29-62-51)68-22-17-49(71)39(30-68)48-16-23-69(48)56(74)33-5-9-41(58)38(25-33)45-27-47(53-43(64-45)13-19-60-55(53)73)65-50-10-6-34(28-61-50)67-20-14-36(70)15-21-67/h4-13,18-19,24-29,31,36,39,48-49,70-71H,1-3,14-17,20-23,30H2,(H,59,72)(H,60,73)(H,61,64,65)(H,62,63,66). The van der Waals surface area contributed by atoms with E-state index in [2.05, 4.69) is 40.4 Å². The van der Waals surface area contributed by atoms with Gasteiger partial charge in [-0.3, -0.25) is 14.4 Å². The summed E-state index contributed by atoms with van der Waals surface area (Å²) in [6, 6.07) is 23.1. The molecule has 6 aromatic heterocycles. The van der Waals surface area contributed by atoms with Crippen molar-refractivity contribution in [2.45, 2.75) is 69.1 Å². The van der Waals surface area contributed by atoms with Crippen LogP contribution in [0.5, 0.6) is 0 Å². The maximum atomic E-state index is 15.9. The van der Waals surface area contributed by atoms with Crippen LogP contribution in [0.2, 0.25) is 0 Å². The summed E-state index contributed by atoms with van der Waals surface area (Å²) < 4.78 is 31.3. The fourth-order valence-corrected chi connectivity index (χ4v) is 11.0. The molecule has 376 valence electrons. The van der Waals surface area contributed by atoms with Gasteiger partial charge >= 0.3 is 0 Å². The van der Waals surface area contributed by atoms with Crippen molar-refractivity contribution in [1.82, 2.24) is 34.8 Å². The van der Waals surface area contributed by atoms with Crippen LogP contribution in [0.25, 0.3) is 44.3 Å². The highest BCUT2D eigenvalue weighted by atomic mass is 19.1. The highest BCUT2D eigenvalue weighted by Crippen LogP contribution is 2.40. The molecule has 16 nitrogen and oxygen atoms in total. The van der Waals surface area contributed by atoms with Gasteiger partial charge < -0.3 is 45.5 Å². The Bertz CT molecular complexity index is 3560. The molecular weight excluding hydrogens is 945 g/mol. The molecule has 9 heterocycles. The number of hydrogen-bond donors (Lipinski definition) is 6. The van der Waals surface area contributed by atoms with E-state index in [1.807, 2.05) is 24.3 Å². The van der Waals surface area contributed by atoms with E-state index >= 15 is 8.78 Å². The lowest BCUT2D eigenvalue weighted by atomic mass is 9.79. The molecule has 0 bridgehead atoms. The second-order valence-corrected chi connectivity index (χ2v) is 19.9. The maximum Gasteiger partial charge on any atom is 0.259 e. The second kappa shape index (κ2) is 19.4. The summed E-state index contributed by atoms with van der Waals surface area (Å²) in [5.41, 5.74) is 4.90. The van der Waals surface area contributed by atoms with Crippen LogP contribution < -0.4 is 31.6 Å². The van der Waals surface area contributed by atoms with Crippen LogP contribution >= 0.6 is 0 Å². The predicted octanol–water partition coefficient (Wildman–Crippen LogP) is 8.38. The number of carbonyl (C=O) groups is 1. The molecule has 1 aliphatic carbocycles. The molecule has 3 aliphatic heterocycles. The average Bonchev–Trinajstić information content (AvgIpc) is 3.38. The van der Waals surface area contributed by atoms with E-state index < -0.39 is 23.3 Å². The quantitative estimate of drug-likeness (QED) is 0.0721. The van der Waals surface area contributed by atoms with E-state index in [-0.39, 0.29) is 51.7 Å². The number of amides is 1. The summed E-state index contributed by atoms with van der Waals surface area (Å²) in [7, 11) is 0. The van der Waals surface area contributed by atoms with Gasteiger partial charge in [0.1, 0.15) is 23.3 Å². The van der Waals surface area contributed by atoms with Gasteiger partial charge in [-0.25, -0.2) is 28.7 Å². The van der Waals surface area contributed by atoms with Crippen LogP contribution in [0.15, 0.2) is 119 Å². The number of pyridine rings is 6. The van der Waals surface area contributed by atoms with Crippen LogP contribution in [0.4, 0.5) is 43.2 Å². The van der Waals surface area contributed by atoms with E-state index in [1.165, 1.54) is 36.7 Å². The zero-order valence-corrected chi connectivity index (χ0v) is 40.3. The zero-order valence-electron chi connectivity index (χ0n) is 40.3. The summed E-state index contributed by atoms with van der Waals surface area (Å²) in [5.74, 6) is -0.272. The number of anilines is 6. The lowest BCUT2D eigenvalue weighted by Crippen LogP contribution is -2.61. The van der Waals surface area contributed by atoms with Crippen LogP contribution in [-0.4, -0.2) is 102 Å². The maximum absolute atomic E-state index is 15.9. The minimum atomic E-state index is -0.670. The number of H-pyrrole nitrogens is 2. The first kappa shape index (κ1) is 46.9. The smallest absolute Gasteiger partial charge is 0.259 e. The summed E-state index contributed by atoms with van der Waals surface area (Å²) in [6.45, 7) is 2.90. The second-order valence-electron chi connectivity index (χ2n) is 19.9. The highest BCUT2D eigenvalue weighted by Gasteiger charge is 2.44. The SMILES string of the molecule is O=C(c1ccc(F)c(-c2cc(Nc3ccc(N4CCC(O)CC4)cn3)c3c(=O)[nH]ccc3n2)c1)N1CCC1C1CN(c2ccc(Nc3cc(-c4cc(C5CCC5)ccc4F)nc4cc[nH]c(=O)c34)nc2)CCC1O. The van der Waals surface area contributed by atoms with Crippen molar-refractivity contribution >= 4 is 62.1 Å². The number of nitrogens with one attached hydrogen (secondary N) is 4. The minimum Gasteiger partial charge on any atom is -0.393 e. The molecule has 3 unspecified atom stereocenters. The van der Waals surface area contributed by atoms with E-state index in [4.69, 9.17) is 9.97 Å². The predicted molar refractivity (Wildman–Crippen MR) is 280 cm³/mol. The largest absolute Gasteiger partial charge is 0.393 e. The molecule has 4 aliphatic rings. The normalized spacial score (nSPS) is 19.4. The van der Waals surface area contributed by atoms with Crippen molar-refractivity contribution in [2.75, 3.05) is 53.2 Å². The van der Waals surface area contributed by atoms with Crippen molar-refractivity contribution in [2.24, 2.45) is 5.92 Å². The molecule has 6 N–H and O–H groups in total. The van der Waals surface area contributed by atoms with Crippen molar-refractivity contribution in [3.63, 3.8) is 0 Å². The van der Waals surface area contributed by atoms with Gasteiger partial charge in [-0.05, 0) is 129 Å². The third-order valence-electron chi connectivity index (χ3n) is 15.4. The van der Waals surface area contributed by atoms with Gasteiger partial charge in [-0.15, -0.1) is 0 Å². The number of halogens is 2. The van der Waals surface area contributed by atoms with Crippen molar-refractivity contribution < 1.29 is 23.8 Å². The number of aliphatic hydroxyl groups excluding tert-OH is 2. The number of fused-ring (bicyclic) bond motifs is 2. The summed E-state index contributed by atoms with van der Waals surface area (Å²) in [6.07, 6.45) is 11.3.